The second kappa shape index (κ2) is 7.01. The van der Waals surface area contributed by atoms with E-state index in [-0.39, 0.29) is 17.9 Å². The minimum absolute atomic E-state index is 0.150. The fourth-order valence-electron chi connectivity index (χ4n) is 2.94. The molecule has 2 aromatic heterocycles. The van der Waals surface area contributed by atoms with Gasteiger partial charge < -0.3 is 15.4 Å². The lowest BCUT2D eigenvalue weighted by Crippen LogP contribution is -2.51. The lowest BCUT2D eigenvalue weighted by Gasteiger charge is -2.43. The normalized spacial score (nSPS) is 19.2. The number of carbonyl (C=O) groups excluding carboxylic acids is 1. The van der Waals surface area contributed by atoms with Gasteiger partial charge in [-0.3, -0.25) is 4.79 Å². The average Bonchev–Trinajstić information content (AvgIpc) is 2.59. The van der Waals surface area contributed by atoms with Crippen LogP contribution < -0.4 is 5.73 Å². The zero-order valence-electron chi connectivity index (χ0n) is 14.6. The molecule has 2 aromatic rings. The molecule has 0 saturated carbocycles. The molecule has 1 unspecified atom stereocenters. The number of rotatable bonds is 3. The Morgan fingerprint density at radius 3 is 2.88 bits per heavy atom. The summed E-state index contributed by atoms with van der Waals surface area (Å²) in [6.07, 6.45) is 2.86. The maximum Gasteiger partial charge on any atom is 0.246 e. The second-order valence-corrected chi connectivity index (χ2v) is 7.05. The number of pyridine rings is 1. The molecule has 1 aliphatic rings. The lowest BCUT2D eigenvalue weighted by atomic mass is 9.99. The smallest absolute Gasteiger partial charge is 0.246 e. The third kappa shape index (κ3) is 3.84. The highest BCUT2D eigenvalue weighted by Gasteiger charge is 2.36. The fourth-order valence-corrected chi connectivity index (χ4v) is 3.16. The summed E-state index contributed by atoms with van der Waals surface area (Å²) in [4.78, 5) is 26.5. The molecular weight excluding hydrogens is 354 g/mol. The average molecular weight is 374 g/mol. The van der Waals surface area contributed by atoms with Crippen molar-refractivity contribution in [1.82, 2.24) is 19.9 Å². The van der Waals surface area contributed by atoms with E-state index >= 15 is 0 Å². The SMILES string of the molecule is C=CC(=O)N1CC(C)(C)OCC1c1cc(Cl)nc(-c2ccnc(N)n2)c1. The van der Waals surface area contributed by atoms with Gasteiger partial charge in [-0.2, -0.15) is 0 Å². The van der Waals surface area contributed by atoms with Crippen molar-refractivity contribution in [3.05, 3.63) is 47.8 Å². The number of anilines is 1. The van der Waals surface area contributed by atoms with Crippen LogP contribution >= 0.6 is 11.6 Å². The van der Waals surface area contributed by atoms with Crippen LogP contribution in [0.4, 0.5) is 5.95 Å². The molecule has 26 heavy (non-hydrogen) atoms. The summed E-state index contributed by atoms with van der Waals surface area (Å²) in [5, 5.41) is 0.297. The Balaban J connectivity index is 2.02. The Labute approximate surface area is 156 Å². The number of nitrogens with zero attached hydrogens (tertiary/aromatic N) is 4. The second-order valence-electron chi connectivity index (χ2n) is 6.67. The minimum atomic E-state index is -0.435. The van der Waals surface area contributed by atoms with Crippen molar-refractivity contribution < 1.29 is 9.53 Å². The van der Waals surface area contributed by atoms with Crippen LogP contribution in [0.25, 0.3) is 11.4 Å². The topological polar surface area (TPSA) is 94.2 Å². The van der Waals surface area contributed by atoms with Gasteiger partial charge in [-0.1, -0.05) is 18.2 Å². The summed E-state index contributed by atoms with van der Waals surface area (Å²) in [5.74, 6) is -0.0100. The van der Waals surface area contributed by atoms with E-state index < -0.39 is 5.60 Å². The van der Waals surface area contributed by atoms with Gasteiger partial charge in [0.2, 0.25) is 11.9 Å². The molecule has 1 fully saturated rings. The van der Waals surface area contributed by atoms with Crippen LogP contribution in [0.15, 0.2) is 37.1 Å². The van der Waals surface area contributed by atoms with E-state index in [1.165, 1.54) is 6.08 Å². The van der Waals surface area contributed by atoms with E-state index in [0.717, 1.165) is 5.56 Å². The van der Waals surface area contributed by atoms with E-state index in [9.17, 15) is 4.79 Å². The molecule has 3 heterocycles. The van der Waals surface area contributed by atoms with E-state index in [2.05, 4.69) is 21.5 Å². The van der Waals surface area contributed by atoms with Crippen molar-refractivity contribution in [2.45, 2.75) is 25.5 Å². The molecule has 0 aromatic carbocycles. The molecule has 0 bridgehead atoms. The lowest BCUT2D eigenvalue weighted by molar-refractivity contribution is -0.151. The van der Waals surface area contributed by atoms with Gasteiger partial charge in [0.1, 0.15) is 5.15 Å². The van der Waals surface area contributed by atoms with Crippen LogP contribution in [-0.2, 0) is 9.53 Å². The van der Waals surface area contributed by atoms with Gasteiger partial charge in [0.05, 0.1) is 36.2 Å². The Kier molecular flexibility index (Phi) is 4.93. The molecule has 8 heteroatoms. The zero-order valence-corrected chi connectivity index (χ0v) is 15.4. The largest absolute Gasteiger partial charge is 0.371 e. The summed E-state index contributed by atoms with van der Waals surface area (Å²) >= 11 is 6.23. The van der Waals surface area contributed by atoms with Crippen molar-refractivity contribution in [2.24, 2.45) is 0 Å². The monoisotopic (exact) mass is 373 g/mol. The number of carbonyl (C=O) groups is 1. The summed E-state index contributed by atoms with van der Waals surface area (Å²) in [6.45, 7) is 8.28. The van der Waals surface area contributed by atoms with Crippen LogP contribution in [-0.4, -0.2) is 44.5 Å². The van der Waals surface area contributed by atoms with Crippen molar-refractivity contribution in [3.8, 4) is 11.4 Å². The van der Waals surface area contributed by atoms with Crippen LogP contribution in [0.2, 0.25) is 5.15 Å². The number of hydrogen-bond donors (Lipinski definition) is 1. The molecule has 136 valence electrons. The van der Waals surface area contributed by atoms with E-state index in [1.54, 1.807) is 23.2 Å². The van der Waals surface area contributed by atoms with Crippen molar-refractivity contribution >= 4 is 23.5 Å². The van der Waals surface area contributed by atoms with Crippen LogP contribution in [0.1, 0.15) is 25.5 Å². The summed E-state index contributed by atoms with van der Waals surface area (Å²) in [6, 6.07) is 4.97. The standard InChI is InChI=1S/C18H20ClN5O2/c1-4-16(25)24-10-18(2,3)26-9-14(24)11-7-13(22-15(19)8-11)12-5-6-21-17(20)23-12/h4-8,14H,1,9-10H2,2-3H3,(H2,20,21,23). The van der Waals surface area contributed by atoms with Gasteiger partial charge >= 0.3 is 0 Å². The highest BCUT2D eigenvalue weighted by Crippen LogP contribution is 2.33. The van der Waals surface area contributed by atoms with Gasteiger partial charge in [-0.25, -0.2) is 15.0 Å². The highest BCUT2D eigenvalue weighted by molar-refractivity contribution is 6.29. The van der Waals surface area contributed by atoms with Crippen LogP contribution in [0, 0.1) is 0 Å². The van der Waals surface area contributed by atoms with E-state index in [0.29, 0.717) is 29.7 Å². The molecule has 0 aliphatic carbocycles. The van der Waals surface area contributed by atoms with Gasteiger partial charge in [0.15, 0.2) is 0 Å². The van der Waals surface area contributed by atoms with Gasteiger partial charge in [0.25, 0.3) is 0 Å². The van der Waals surface area contributed by atoms with Crippen molar-refractivity contribution in [2.75, 3.05) is 18.9 Å². The third-order valence-corrected chi connectivity index (χ3v) is 4.35. The first-order chi connectivity index (χ1) is 12.3. The molecule has 0 spiro atoms. The molecule has 7 nitrogen and oxygen atoms in total. The number of amides is 1. The molecule has 3 rings (SSSR count). The quantitative estimate of drug-likeness (QED) is 0.656. The number of morpholine rings is 1. The van der Waals surface area contributed by atoms with Gasteiger partial charge in [-0.05, 0) is 43.7 Å². The van der Waals surface area contributed by atoms with Crippen molar-refractivity contribution in [1.29, 1.82) is 0 Å². The predicted molar refractivity (Wildman–Crippen MR) is 99.4 cm³/mol. The number of ether oxygens (including phenoxy) is 1. The molecule has 1 saturated heterocycles. The number of halogens is 1. The minimum Gasteiger partial charge on any atom is -0.371 e. The van der Waals surface area contributed by atoms with Crippen molar-refractivity contribution in [3.63, 3.8) is 0 Å². The number of aromatic nitrogens is 3. The first-order valence-electron chi connectivity index (χ1n) is 8.12. The Morgan fingerprint density at radius 2 is 2.19 bits per heavy atom. The number of nitrogens with two attached hydrogens (primary N) is 1. The first kappa shape index (κ1) is 18.3. The predicted octanol–water partition coefficient (Wildman–Crippen LogP) is 2.64. The first-order valence-corrected chi connectivity index (χ1v) is 8.50. The molecular formula is C18H20ClN5O2. The van der Waals surface area contributed by atoms with Crippen LogP contribution in [0.3, 0.4) is 0 Å². The molecule has 0 radical (unpaired) electrons. The number of nitrogen functional groups attached to an aromatic ring is 1. The zero-order chi connectivity index (χ0) is 18.9. The molecule has 1 amide bonds. The molecule has 2 N–H and O–H groups in total. The Morgan fingerprint density at radius 1 is 1.42 bits per heavy atom. The van der Waals surface area contributed by atoms with E-state index in [1.807, 2.05) is 19.9 Å². The maximum absolute atomic E-state index is 12.4. The fraction of sp³-hybridized carbons (Fsp3) is 0.333. The summed E-state index contributed by atoms with van der Waals surface area (Å²) in [7, 11) is 0. The van der Waals surface area contributed by atoms with Gasteiger partial charge in [-0.15, -0.1) is 0 Å². The highest BCUT2D eigenvalue weighted by atomic mass is 35.5. The molecule has 1 atom stereocenters. The Bertz CT molecular complexity index is 855. The third-order valence-electron chi connectivity index (χ3n) is 4.15. The summed E-state index contributed by atoms with van der Waals surface area (Å²) in [5.41, 5.74) is 7.14. The molecule has 1 aliphatic heterocycles. The summed E-state index contributed by atoms with van der Waals surface area (Å²) < 4.78 is 5.92. The Hall–Kier alpha value is -2.51. The van der Waals surface area contributed by atoms with Crippen LogP contribution in [0.5, 0.6) is 0 Å². The maximum atomic E-state index is 12.4. The van der Waals surface area contributed by atoms with Gasteiger partial charge in [0, 0.05) is 6.20 Å². The van der Waals surface area contributed by atoms with E-state index in [4.69, 9.17) is 22.1 Å². The number of hydrogen-bond acceptors (Lipinski definition) is 6.